The molecule has 1 saturated heterocycles. The summed E-state index contributed by atoms with van der Waals surface area (Å²) in [5, 5.41) is 0.759. The molecule has 0 spiro atoms. The van der Waals surface area contributed by atoms with E-state index in [-0.39, 0.29) is 23.2 Å². The molecule has 2 amide bonds. The van der Waals surface area contributed by atoms with Crippen LogP contribution >= 0.6 is 35.0 Å². The molecule has 4 rings (SSSR count). The van der Waals surface area contributed by atoms with Crippen LogP contribution in [0, 0.1) is 0 Å². The van der Waals surface area contributed by atoms with Gasteiger partial charge in [0.2, 0.25) is 0 Å². The van der Waals surface area contributed by atoms with Crippen molar-refractivity contribution in [2.45, 2.75) is 39.8 Å². The number of benzene rings is 2. The molecule has 2 heterocycles. The van der Waals surface area contributed by atoms with E-state index in [1.54, 1.807) is 12.1 Å². The number of fused-ring (bicyclic) bond motifs is 1. The first-order valence-electron chi connectivity index (χ1n) is 10.4. The predicted molar refractivity (Wildman–Crippen MR) is 135 cm³/mol. The van der Waals surface area contributed by atoms with Crippen molar-refractivity contribution in [2.75, 3.05) is 11.4 Å². The molecule has 2 aliphatic rings. The van der Waals surface area contributed by atoms with E-state index >= 15 is 0 Å². The van der Waals surface area contributed by atoms with Crippen LogP contribution in [-0.2, 0) is 11.3 Å². The van der Waals surface area contributed by atoms with Crippen molar-refractivity contribution in [1.29, 1.82) is 0 Å². The van der Waals surface area contributed by atoms with Crippen molar-refractivity contribution in [3.8, 4) is 0 Å². The number of carbonyl (C=O) groups excluding carboxylic acids is 2. The minimum Gasteiger partial charge on any atom is -0.363 e. The summed E-state index contributed by atoms with van der Waals surface area (Å²) in [4.78, 5) is 29.4. The van der Waals surface area contributed by atoms with Crippen molar-refractivity contribution in [1.82, 2.24) is 4.90 Å². The van der Waals surface area contributed by atoms with E-state index in [1.165, 1.54) is 4.90 Å². The zero-order chi connectivity index (χ0) is 23.2. The number of thioether (sulfide) groups is 1. The van der Waals surface area contributed by atoms with E-state index in [4.69, 9.17) is 23.2 Å². The molecule has 0 N–H and O–H groups in total. The summed E-state index contributed by atoms with van der Waals surface area (Å²) in [7, 11) is 0. The van der Waals surface area contributed by atoms with Crippen LogP contribution in [0.4, 0.5) is 10.5 Å². The monoisotopic (exact) mass is 486 g/mol. The maximum absolute atomic E-state index is 13.0. The van der Waals surface area contributed by atoms with Crippen molar-refractivity contribution in [3.63, 3.8) is 0 Å². The molecular weight excluding hydrogens is 463 g/mol. The Bertz CT molecular complexity index is 1190. The summed E-state index contributed by atoms with van der Waals surface area (Å²) in [5.74, 6) is -0.336. The van der Waals surface area contributed by atoms with Gasteiger partial charge in [0.25, 0.3) is 11.1 Å². The average molecular weight is 487 g/mol. The van der Waals surface area contributed by atoms with Gasteiger partial charge in [0.15, 0.2) is 0 Å². The highest BCUT2D eigenvalue weighted by molar-refractivity contribution is 8.18. The molecule has 0 unspecified atom stereocenters. The minimum atomic E-state index is -0.336. The third-order valence-electron chi connectivity index (χ3n) is 5.86. The van der Waals surface area contributed by atoms with E-state index in [9.17, 15) is 9.59 Å². The average Bonchev–Trinajstić information content (AvgIpc) is 2.98. The van der Waals surface area contributed by atoms with Crippen LogP contribution in [0.15, 0.2) is 47.4 Å². The number of halogens is 2. The molecule has 0 saturated carbocycles. The normalized spacial score (nSPS) is 18.9. The van der Waals surface area contributed by atoms with Crippen molar-refractivity contribution < 1.29 is 9.59 Å². The summed E-state index contributed by atoms with van der Waals surface area (Å²) in [6, 6.07) is 11.2. The fraction of sp³-hybridized carbons (Fsp3) is 0.280. The van der Waals surface area contributed by atoms with Crippen LogP contribution in [0.2, 0.25) is 10.0 Å². The fourth-order valence-electron chi connectivity index (χ4n) is 4.38. The number of rotatable bonds is 4. The highest BCUT2D eigenvalue weighted by atomic mass is 35.5. The maximum Gasteiger partial charge on any atom is 0.293 e. The van der Waals surface area contributed by atoms with Gasteiger partial charge in [-0.1, -0.05) is 47.5 Å². The van der Waals surface area contributed by atoms with E-state index in [2.05, 4.69) is 38.7 Å². The standard InChI is InChI=1S/C25H24Cl2N2O2S/c1-5-29-21-12-20(27)17(10-18(21)15(2)13-25(29,3)4)11-22-23(30)28(24(31)32-22)14-16-8-6-7-9-19(16)26/h6-13H,5,14H2,1-4H3/b22-11+. The summed E-state index contributed by atoms with van der Waals surface area (Å²) in [6.45, 7) is 9.56. The third-order valence-corrected chi connectivity index (χ3v) is 7.46. The smallest absolute Gasteiger partial charge is 0.293 e. The number of hydrogen-bond acceptors (Lipinski definition) is 4. The number of imide groups is 1. The molecule has 0 aromatic heterocycles. The zero-order valence-electron chi connectivity index (χ0n) is 18.4. The topological polar surface area (TPSA) is 40.6 Å². The predicted octanol–water partition coefficient (Wildman–Crippen LogP) is 7.25. The number of amides is 2. The van der Waals surface area contributed by atoms with Gasteiger partial charge in [-0.05, 0) is 80.4 Å². The van der Waals surface area contributed by atoms with E-state index in [0.717, 1.165) is 46.3 Å². The molecule has 0 atom stereocenters. The molecule has 0 radical (unpaired) electrons. The first-order chi connectivity index (χ1) is 15.1. The third kappa shape index (κ3) is 4.09. The second-order valence-corrected chi connectivity index (χ2v) is 10.3. The number of likely N-dealkylation sites (N-methyl/N-ethyl adjacent to an activating group) is 1. The molecule has 32 heavy (non-hydrogen) atoms. The van der Waals surface area contributed by atoms with Gasteiger partial charge in [-0.3, -0.25) is 14.5 Å². The van der Waals surface area contributed by atoms with Crippen LogP contribution in [0.5, 0.6) is 0 Å². The molecular formula is C25H24Cl2N2O2S. The van der Waals surface area contributed by atoms with Gasteiger partial charge in [-0.2, -0.15) is 0 Å². The van der Waals surface area contributed by atoms with E-state index in [1.807, 2.05) is 30.3 Å². The lowest BCUT2D eigenvalue weighted by atomic mass is 9.88. The maximum atomic E-state index is 13.0. The van der Waals surface area contributed by atoms with Gasteiger partial charge in [0, 0.05) is 27.8 Å². The molecule has 1 fully saturated rings. The van der Waals surface area contributed by atoms with Gasteiger partial charge < -0.3 is 4.90 Å². The Labute approximate surface area is 202 Å². The summed E-state index contributed by atoms with van der Waals surface area (Å²) in [6.07, 6.45) is 3.96. The lowest BCUT2D eigenvalue weighted by Gasteiger charge is -2.43. The minimum absolute atomic E-state index is 0.113. The lowest BCUT2D eigenvalue weighted by Crippen LogP contribution is -2.44. The van der Waals surface area contributed by atoms with E-state index in [0.29, 0.717) is 15.0 Å². The Morgan fingerprint density at radius 3 is 2.50 bits per heavy atom. The quantitative estimate of drug-likeness (QED) is 0.426. The van der Waals surface area contributed by atoms with Crippen LogP contribution < -0.4 is 4.90 Å². The molecule has 2 aromatic rings. The van der Waals surface area contributed by atoms with Crippen LogP contribution in [-0.4, -0.2) is 28.1 Å². The molecule has 0 bridgehead atoms. The van der Waals surface area contributed by atoms with Crippen LogP contribution in [0.25, 0.3) is 11.6 Å². The summed E-state index contributed by atoms with van der Waals surface area (Å²) >= 11 is 13.8. The Morgan fingerprint density at radius 2 is 1.81 bits per heavy atom. The highest BCUT2D eigenvalue weighted by Gasteiger charge is 2.36. The number of carbonyl (C=O) groups is 2. The van der Waals surface area contributed by atoms with Gasteiger partial charge in [0.1, 0.15) is 0 Å². The molecule has 2 aromatic carbocycles. The van der Waals surface area contributed by atoms with Crippen molar-refractivity contribution >= 4 is 63.4 Å². The van der Waals surface area contributed by atoms with Crippen LogP contribution in [0.1, 0.15) is 44.4 Å². The highest BCUT2D eigenvalue weighted by Crippen LogP contribution is 2.42. The molecule has 166 valence electrons. The lowest BCUT2D eigenvalue weighted by molar-refractivity contribution is -0.123. The second kappa shape index (κ2) is 8.62. The first-order valence-corrected chi connectivity index (χ1v) is 12.0. The molecule has 7 heteroatoms. The van der Waals surface area contributed by atoms with E-state index < -0.39 is 0 Å². The van der Waals surface area contributed by atoms with Gasteiger partial charge in [-0.15, -0.1) is 0 Å². The van der Waals surface area contributed by atoms with Crippen LogP contribution in [0.3, 0.4) is 0 Å². The van der Waals surface area contributed by atoms with Crippen molar-refractivity contribution in [3.05, 3.63) is 74.1 Å². The Morgan fingerprint density at radius 1 is 1.09 bits per heavy atom. The number of anilines is 1. The summed E-state index contributed by atoms with van der Waals surface area (Å²) < 4.78 is 0. The zero-order valence-corrected chi connectivity index (χ0v) is 20.7. The number of nitrogens with zero attached hydrogens (tertiary/aromatic N) is 2. The second-order valence-electron chi connectivity index (χ2n) is 8.48. The molecule has 2 aliphatic heterocycles. The summed E-state index contributed by atoms with van der Waals surface area (Å²) in [5.41, 5.74) is 4.65. The van der Waals surface area contributed by atoms with Gasteiger partial charge in [0.05, 0.1) is 17.0 Å². The Kier molecular flexibility index (Phi) is 6.19. The Hall–Kier alpha value is -2.21. The molecule has 0 aliphatic carbocycles. The van der Waals surface area contributed by atoms with Crippen molar-refractivity contribution in [2.24, 2.45) is 0 Å². The Balaban J connectivity index is 1.68. The van der Waals surface area contributed by atoms with Gasteiger partial charge in [-0.25, -0.2) is 0 Å². The number of hydrogen-bond donors (Lipinski definition) is 0. The SMILES string of the molecule is CCN1c2cc(Cl)c(/C=C3/SC(=O)N(Cc4ccccc4Cl)C3=O)cc2C(C)=CC1(C)C. The largest absolute Gasteiger partial charge is 0.363 e. The van der Waals surface area contributed by atoms with Gasteiger partial charge >= 0.3 is 0 Å². The number of allylic oxidation sites excluding steroid dienone is 1. The fourth-order valence-corrected chi connectivity index (χ4v) is 5.61. The first kappa shape index (κ1) is 23.0. The molecule has 4 nitrogen and oxygen atoms in total.